The Bertz CT molecular complexity index is 964. The number of benzene rings is 2. The molecule has 1 aromatic heterocycles. The standard InChI is InChI=1S/C18H16F3N3O3S.ClH/c1-2-26-13-7-8-14-15(9-13)24-17(23-14)28-10-16(25)22-11-3-5-12(6-4-11)27-18(19,20)21;/h3-9H,2,10H2,1H3,(H,22,25)(H,23,24);1H. The molecule has 2 N–H and O–H groups in total. The summed E-state index contributed by atoms with van der Waals surface area (Å²) in [6, 6.07) is 10.4. The number of anilines is 1. The molecule has 1 heterocycles. The number of ether oxygens (including phenoxy) is 2. The van der Waals surface area contributed by atoms with Gasteiger partial charge in [0.2, 0.25) is 5.91 Å². The predicted molar refractivity (Wildman–Crippen MR) is 107 cm³/mol. The van der Waals surface area contributed by atoms with Gasteiger partial charge in [0.25, 0.3) is 0 Å². The zero-order chi connectivity index (χ0) is 20.1. The van der Waals surface area contributed by atoms with Crippen LogP contribution in [0.3, 0.4) is 0 Å². The van der Waals surface area contributed by atoms with Crippen molar-refractivity contribution in [3.05, 3.63) is 42.5 Å². The Kier molecular flexibility index (Phi) is 7.63. The van der Waals surface area contributed by atoms with Gasteiger partial charge >= 0.3 is 6.36 Å². The number of carbonyl (C=O) groups is 1. The molecule has 0 atom stereocenters. The molecular weight excluding hydrogens is 431 g/mol. The monoisotopic (exact) mass is 447 g/mol. The minimum atomic E-state index is -4.75. The molecule has 0 radical (unpaired) electrons. The summed E-state index contributed by atoms with van der Waals surface area (Å²) in [4.78, 5) is 19.5. The predicted octanol–water partition coefficient (Wildman–Crippen LogP) is 5.01. The van der Waals surface area contributed by atoms with Gasteiger partial charge in [-0.25, -0.2) is 4.98 Å². The van der Waals surface area contributed by atoms with Gasteiger partial charge in [-0.3, -0.25) is 4.79 Å². The average molecular weight is 448 g/mol. The fraction of sp³-hybridized carbons (Fsp3) is 0.222. The first kappa shape index (κ1) is 22.7. The number of thioether (sulfide) groups is 1. The summed E-state index contributed by atoms with van der Waals surface area (Å²) in [5.74, 6) is 0.142. The molecule has 3 aromatic rings. The molecule has 1 amide bonds. The molecule has 0 aliphatic rings. The Morgan fingerprint density at radius 2 is 1.86 bits per heavy atom. The van der Waals surface area contributed by atoms with Crippen molar-refractivity contribution in [3.63, 3.8) is 0 Å². The van der Waals surface area contributed by atoms with Crippen LogP contribution in [0, 0.1) is 0 Å². The summed E-state index contributed by atoms with van der Waals surface area (Å²) in [7, 11) is 0. The summed E-state index contributed by atoms with van der Waals surface area (Å²) < 4.78 is 45.6. The van der Waals surface area contributed by atoms with E-state index in [0.717, 1.165) is 28.9 Å². The van der Waals surface area contributed by atoms with Crippen molar-refractivity contribution in [2.45, 2.75) is 18.4 Å². The molecule has 0 fully saturated rings. The Morgan fingerprint density at radius 1 is 1.17 bits per heavy atom. The molecule has 0 spiro atoms. The molecule has 156 valence electrons. The molecule has 0 aliphatic heterocycles. The Labute approximate surface area is 174 Å². The first-order valence-corrected chi connectivity index (χ1v) is 9.22. The van der Waals surface area contributed by atoms with Gasteiger partial charge < -0.3 is 19.8 Å². The van der Waals surface area contributed by atoms with Gasteiger partial charge in [-0.2, -0.15) is 0 Å². The Balaban J connectivity index is 0.00000300. The molecule has 11 heteroatoms. The molecule has 6 nitrogen and oxygen atoms in total. The first-order chi connectivity index (χ1) is 13.3. The van der Waals surface area contributed by atoms with Gasteiger partial charge in [-0.05, 0) is 43.3 Å². The number of nitrogens with one attached hydrogen (secondary N) is 2. The number of alkyl halides is 3. The summed E-state index contributed by atoms with van der Waals surface area (Å²) in [6.07, 6.45) is -4.75. The number of nitrogens with zero attached hydrogens (tertiary/aromatic N) is 1. The molecule has 0 saturated carbocycles. The van der Waals surface area contributed by atoms with E-state index in [1.165, 1.54) is 23.9 Å². The Hall–Kier alpha value is -2.59. The Morgan fingerprint density at radius 3 is 2.52 bits per heavy atom. The van der Waals surface area contributed by atoms with Crippen LogP contribution in [-0.4, -0.2) is 34.6 Å². The topological polar surface area (TPSA) is 76.2 Å². The highest BCUT2D eigenvalue weighted by Gasteiger charge is 2.30. The van der Waals surface area contributed by atoms with E-state index in [4.69, 9.17) is 4.74 Å². The van der Waals surface area contributed by atoms with Gasteiger partial charge in [0.1, 0.15) is 11.5 Å². The maximum atomic E-state index is 12.1. The number of rotatable bonds is 7. The summed E-state index contributed by atoms with van der Waals surface area (Å²) in [6.45, 7) is 2.46. The third-order valence-corrected chi connectivity index (χ3v) is 4.33. The first-order valence-electron chi connectivity index (χ1n) is 8.23. The number of H-pyrrole nitrogens is 1. The maximum Gasteiger partial charge on any atom is 0.573 e. The SMILES string of the molecule is CCOc1ccc2nc(SCC(=O)Nc3ccc(OC(F)(F)F)cc3)[nH]c2c1.Cl. The zero-order valence-corrected chi connectivity index (χ0v) is 16.7. The zero-order valence-electron chi connectivity index (χ0n) is 15.1. The molecule has 0 aliphatic carbocycles. The van der Waals surface area contributed by atoms with E-state index >= 15 is 0 Å². The summed E-state index contributed by atoms with van der Waals surface area (Å²) in [5, 5.41) is 3.18. The van der Waals surface area contributed by atoms with E-state index in [9.17, 15) is 18.0 Å². The van der Waals surface area contributed by atoms with Gasteiger partial charge in [-0.1, -0.05) is 11.8 Å². The number of aromatic amines is 1. The molecule has 0 unspecified atom stereocenters. The highest BCUT2D eigenvalue weighted by Crippen LogP contribution is 2.25. The fourth-order valence-corrected chi connectivity index (χ4v) is 3.05. The number of imidazole rings is 1. The second kappa shape index (κ2) is 9.75. The second-order valence-corrected chi connectivity index (χ2v) is 6.53. The molecule has 3 rings (SSSR count). The average Bonchev–Trinajstić information content (AvgIpc) is 3.03. The summed E-state index contributed by atoms with van der Waals surface area (Å²) in [5.41, 5.74) is 1.92. The van der Waals surface area contributed by atoms with E-state index in [1.54, 1.807) is 0 Å². The molecule has 0 saturated heterocycles. The van der Waals surface area contributed by atoms with Gasteiger partial charge in [0, 0.05) is 11.8 Å². The maximum absolute atomic E-state index is 12.1. The minimum absolute atomic E-state index is 0. The van der Waals surface area contributed by atoms with Crippen molar-refractivity contribution in [3.8, 4) is 11.5 Å². The fourth-order valence-electron chi connectivity index (χ4n) is 2.36. The second-order valence-electron chi connectivity index (χ2n) is 5.56. The van der Waals surface area contributed by atoms with E-state index in [1.807, 2.05) is 25.1 Å². The molecule has 2 aromatic carbocycles. The van der Waals surface area contributed by atoms with Crippen molar-refractivity contribution in [2.24, 2.45) is 0 Å². The van der Waals surface area contributed by atoms with Crippen molar-refractivity contribution < 1.29 is 27.4 Å². The lowest BCUT2D eigenvalue weighted by Gasteiger charge is -2.09. The van der Waals surface area contributed by atoms with Crippen LogP contribution in [0.1, 0.15) is 6.92 Å². The highest BCUT2D eigenvalue weighted by molar-refractivity contribution is 7.99. The van der Waals surface area contributed by atoms with Crippen LogP contribution in [0.4, 0.5) is 18.9 Å². The summed E-state index contributed by atoms with van der Waals surface area (Å²) >= 11 is 1.21. The number of hydrogen-bond donors (Lipinski definition) is 2. The normalized spacial score (nSPS) is 11.0. The van der Waals surface area contributed by atoms with Crippen LogP contribution in [0.2, 0.25) is 0 Å². The van der Waals surface area contributed by atoms with Gasteiger partial charge in [0.05, 0.1) is 23.4 Å². The van der Waals surface area contributed by atoms with Crippen molar-refractivity contribution in [1.29, 1.82) is 0 Å². The van der Waals surface area contributed by atoms with Crippen LogP contribution in [0.5, 0.6) is 11.5 Å². The number of carbonyl (C=O) groups excluding carboxylic acids is 1. The molecular formula is C18H17ClF3N3O3S. The third-order valence-electron chi connectivity index (χ3n) is 3.45. The number of amides is 1. The van der Waals surface area contributed by atoms with Gasteiger partial charge in [0.15, 0.2) is 5.16 Å². The number of aromatic nitrogens is 2. The smallest absolute Gasteiger partial charge is 0.494 e. The number of fused-ring (bicyclic) bond motifs is 1. The van der Waals surface area contributed by atoms with Crippen molar-refractivity contribution >= 4 is 46.8 Å². The lowest BCUT2D eigenvalue weighted by molar-refractivity contribution is -0.274. The number of halogens is 4. The van der Waals surface area contributed by atoms with E-state index in [2.05, 4.69) is 20.0 Å². The van der Waals surface area contributed by atoms with Crippen LogP contribution in [0.25, 0.3) is 11.0 Å². The van der Waals surface area contributed by atoms with Crippen LogP contribution >= 0.6 is 24.2 Å². The van der Waals surface area contributed by atoms with Crippen molar-refractivity contribution in [1.82, 2.24) is 9.97 Å². The van der Waals surface area contributed by atoms with Gasteiger partial charge in [-0.15, -0.1) is 25.6 Å². The van der Waals surface area contributed by atoms with E-state index < -0.39 is 6.36 Å². The highest BCUT2D eigenvalue weighted by atomic mass is 35.5. The van der Waals surface area contributed by atoms with Crippen molar-refractivity contribution in [2.75, 3.05) is 17.7 Å². The quantitative estimate of drug-likeness (QED) is 0.498. The van der Waals surface area contributed by atoms with Crippen LogP contribution in [0.15, 0.2) is 47.6 Å². The van der Waals surface area contributed by atoms with Crippen LogP contribution in [-0.2, 0) is 4.79 Å². The van der Waals surface area contributed by atoms with E-state index in [0.29, 0.717) is 17.5 Å². The van der Waals surface area contributed by atoms with E-state index in [-0.39, 0.29) is 29.8 Å². The number of hydrogen-bond acceptors (Lipinski definition) is 5. The van der Waals surface area contributed by atoms with Crippen LogP contribution < -0.4 is 14.8 Å². The minimum Gasteiger partial charge on any atom is -0.494 e. The third kappa shape index (κ3) is 6.75. The lowest BCUT2D eigenvalue weighted by atomic mass is 10.3. The largest absolute Gasteiger partial charge is 0.573 e. The lowest BCUT2D eigenvalue weighted by Crippen LogP contribution is -2.17. The molecule has 0 bridgehead atoms. The molecule has 29 heavy (non-hydrogen) atoms.